The molecule has 1 rings (SSSR count). The molecule has 2 atom stereocenters. The van der Waals surface area contributed by atoms with Gasteiger partial charge in [0, 0.05) is 13.1 Å². The van der Waals surface area contributed by atoms with Gasteiger partial charge in [-0.1, -0.05) is 13.0 Å². The Labute approximate surface area is 230 Å². The summed E-state index contributed by atoms with van der Waals surface area (Å²) < 4.78 is 10.3. The van der Waals surface area contributed by atoms with Crippen LogP contribution in [0.25, 0.3) is 0 Å². The van der Waals surface area contributed by atoms with Crippen molar-refractivity contribution in [2.24, 2.45) is 0 Å². The molecule has 3 amide bonds. The minimum atomic E-state index is -1.05. The van der Waals surface area contributed by atoms with Crippen molar-refractivity contribution in [3.63, 3.8) is 0 Å². The number of amides is 3. The molecule has 0 saturated heterocycles. The van der Waals surface area contributed by atoms with Crippen molar-refractivity contribution in [3.05, 3.63) is 29.3 Å². The number of carbonyl (C=O) groups is 4. The third kappa shape index (κ3) is 11.2. The predicted octanol–water partition coefficient (Wildman–Crippen LogP) is 3.70. The highest BCUT2D eigenvalue weighted by molar-refractivity contribution is 7.98. The maximum Gasteiger partial charge on any atom is 0.408 e. The first-order valence-electron chi connectivity index (χ1n) is 12.9. The number of rotatable bonds is 14. The molecule has 0 aliphatic carbocycles. The molecule has 0 heterocycles. The van der Waals surface area contributed by atoms with E-state index in [1.807, 2.05) is 13.2 Å². The van der Waals surface area contributed by atoms with E-state index in [-0.39, 0.29) is 31.9 Å². The van der Waals surface area contributed by atoms with E-state index in [0.29, 0.717) is 29.7 Å². The Morgan fingerprint density at radius 3 is 2.39 bits per heavy atom. The number of esters is 1. The standard InChI is InChI=1S/C27H43N3O7S/c1-8-15-30(25(34)20(13-16-38-7)29-26(35)37-27(4,5)6)23(19-10-11-21(31)18(3)17-19)24(33)28-14-12-22(32)36-9-2/h10-11,17,20,23,31H,8-9,12-16H2,1-7H3,(H,28,33)(H,29,35). The molecule has 214 valence electrons. The van der Waals surface area contributed by atoms with Crippen LogP contribution in [-0.2, 0) is 23.9 Å². The second kappa shape index (κ2) is 16.1. The summed E-state index contributed by atoms with van der Waals surface area (Å²) in [5.74, 6) is -0.691. The van der Waals surface area contributed by atoms with Gasteiger partial charge in [0.25, 0.3) is 0 Å². The zero-order valence-corrected chi connectivity index (χ0v) is 24.4. The van der Waals surface area contributed by atoms with Gasteiger partial charge in [0.1, 0.15) is 23.4 Å². The molecule has 3 N–H and O–H groups in total. The maximum absolute atomic E-state index is 13.9. The van der Waals surface area contributed by atoms with Gasteiger partial charge in [-0.25, -0.2) is 4.79 Å². The van der Waals surface area contributed by atoms with E-state index >= 15 is 0 Å². The number of ether oxygens (including phenoxy) is 2. The highest BCUT2D eigenvalue weighted by atomic mass is 32.2. The van der Waals surface area contributed by atoms with Crippen LogP contribution in [-0.4, -0.2) is 77.2 Å². The van der Waals surface area contributed by atoms with Crippen LogP contribution in [0.4, 0.5) is 4.79 Å². The number of phenols is 1. The molecule has 0 saturated carbocycles. The average molecular weight is 554 g/mol. The number of benzene rings is 1. The highest BCUT2D eigenvalue weighted by Gasteiger charge is 2.36. The number of phenolic OH excluding ortho intramolecular Hbond substituents is 1. The molecule has 0 aromatic heterocycles. The Kier molecular flexibility index (Phi) is 14.0. The van der Waals surface area contributed by atoms with Crippen LogP contribution in [0.1, 0.15) is 71.0 Å². The Morgan fingerprint density at radius 1 is 1.16 bits per heavy atom. The van der Waals surface area contributed by atoms with Crippen molar-refractivity contribution in [3.8, 4) is 5.75 Å². The lowest BCUT2D eigenvalue weighted by atomic mass is 9.99. The molecule has 2 unspecified atom stereocenters. The number of alkyl carbamates (subject to hydrolysis) is 1. The van der Waals surface area contributed by atoms with Gasteiger partial charge in [-0.2, -0.15) is 11.8 Å². The largest absolute Gasteiger partial charge is 0.508 e. The van der Waals surface area contributed by atoms with E-state index in [1.54, 1.807) is 46.8 Å². The van der Waals surface area contributed by atoms with Gasteiger partial charge in [0.05, 0.1) is 13.0 Å². The first-order chi connectivity index (χ1) is 17.8. The molecular weight excluding hydrogens is 510 g/mol. The number of nitrogens with one attached hydrogen (secondary N) is 2. The van der Waals surface area contributed by atoms with Gasteiger partial charge in [-0.05, 0) is 82.7 Å². The molecule has 11 heteroatoms. The first kappa shape index (κ1) is 33.1. The number of nitrogens with zero attached hydrogens (tertiary/aromatic N) is 1. The fourth-order valence-electron chi connectivity index (χ4n) is 3.69. The maximum atomic E-state index is 13.9. The molecule has 38 heavy (non-hydrogen) atoms. The third-order valence-electron chi connectivity index (χ3n) is 5.38. The van der Waals surface area contributed by atoms with Crippen molar-refractivity contribution in [2.45, 2.75) is 78.5 Å². The zero-order chi connectivity index (χ0) is 28.9. The molecule has 0 radical (unpaired) electrons. The number of aryl methyl sites for hydroxylation is 1. The van der Waals surface area contributed by atoms with Crippen LogP contribution < -0.4 is 10.6 Å². The molecular formula is C27H43N3O7S. The number of hydrogen-bond acceptors (Lipinski definition) is 8. The van der Waals surface area contributed by atoms with E-state index in [0.717, 1.165) is 0 Å². The lowest BCUT2D eigenvalue weighted by molar-refractivity contribution is -0.144. The molecule has 0 bridgehead atoms. The Bertz CT molecular complexity index is 949. The average Bonchev–Trinajstić information content (AvgIpc) is 2.82. The number of hydrogen-bond donors (Lipinski definition) is 3. The van der Waals surface area contributed by atoms with Crippen LogP contribution in [0.5, 0.6) is 5.75 Å². The van der Waals surface area contributed by atoms with E-state index < -0.39 is 41.6 Å². The summed E-state index contributed by atoms with van der Waals surface area (Å²) in [5.41, 5.74) is 0.295. The van der Waals surface area contributed by atoms with E-state index in [2.05, 4.69) is 10.6 Å². The van der Waals surface area contributed by atoms with Gasteiger partial charge < -0.3 is 30.1 Å². The first-order valence-corrected chi connectivity index (χ1v) is 14.3. The molecule has 0 aliphatic rings. The van der Waals surface area contributed by atoms with E-state index in [9.17, 15) is 24.3 Å². The van der Waals surface area contributed by atoms with E-state index in [4.69, 9.17) is 9.47 Å². The molecule has 10 nitrogen and oxygen atoms in total. The smallest absolute Gasteiger partial charge is 0.408 e. The number of aromatic hydroxyl groups is 1. The molecule has 0 fully saturated rings. The van der Waals surface area contributed by atoms with Crippen LogP contribution >= 0.6 is 11.8 Å². The Balaban J connectivity index is 3.37. The number of carbonyl (C=O) groups excluding carboxylic acids is 4. The minimum absolute atomic E-state index is 0.0147. The fraction of sp³-hybridized carbons (Fsp3) is 0.630. The van der Waals surface area contributed by atoms with Crippen LogP contribution in [0.2, 0.25) is 0 Å². The lowest BCUT2D eigenvalue weighted by Gasteiger charge is -2.34. The van der Waals surface area contributed by atoms with Gasteiger partial charge in [-0.3, -0.25) is 14.4 Å². The molecule has 0 aliphatic heterocycles. The zero-order valence-electron chi connectivity index (χ0n) is 23.6. The van der Waals surface area contributed by atoms with Crippen LogP contribution in [0.3, 0.4) is 0 Å². The van der Waals surface area contributed by atoms with Crippen molar-refractivity contribution >= 4 is 35.6 Å². The summed E-state index contributed by atoms with van der Waals surface area (Å²) in [6, 6.07) is 2.74. The summed E-state index contributed by atoms with van der Waals surface area (Å²) in [6.07, 6.45) is 2.06. The summed E-state index contributed by atoms with van der Waals surface area (Å²) in [4.78, 5) is 53.2. The summed E-state index contributed by atoms with van der Waals surface area (Å²) >= 11 is 1.53. The van der Waals surface area contributed by atoms with Gasteiger partial charge in [-0.15, -0.1) is 0 Å². The third-order valence-corrected chi connectivity index (χ3v) is 6.02. The Hall–Kier alpha value is -2.95. The van der Waals surface area contributed by atoms with E-state index in [1.165, 1.54) is 22.7 Å². The van der Waals surface area contributed by atoms with Crippen molar-refractivity contribution in [2.75, 3.05) is 31.7 Å². The SMILES string of the molecule is CCCN(C(=O)C(CCSC)NC(=O)OC(C)(C)C)C(C(=O)NCCC(=O)OCC)c1ccc(O)c(C)c1. The van der Waals surface area contributed by atoms with Crippen LogP contribution in [0, 0.1) is 6.92 Å². The van der Waals surface area contributed by atoms with Crippen molar-refractivity contribution < 1.29 is 33.8 Å². The van der Waals surface area contributed by atoms with Crippen molar-refractivity contribution in [1.82, 2.24) is 15.5 Å². The minimum Gasteiger partial charge on any atom is -0.508 e. The molecule has 1 aromatic carbocycles. The summed E-state index contributed by atoms with van der Waals surface area (Å²) in [6.45, 7) is 11.0. The second-order valence-corrected chi connectivity index (χ2v) is 10.8. The normalized spacial score (nSPS) is 12.7. The van der Waals surface area contributed by atoms with Gasteiger partial charge in [0.2, 0.25) is 11.8 Å². The topological polar surface area (TPSA) is 134 Å². The van der Waals surface area contributed by atoms with Gasteiger partial charge in [0.15, 0.2) is 0 Å². The predicted molar refractivity (Wildman–Crippen MR) is 148 cm³/mol. The Morgan fingerprint density at radius 2 is 1.84 bits per heavy atom. The quantitative estimate of drug-likeness (QED) is 0.297. The molecule has 1 aromatic rings. The van der Waals surface area contributed by atoms with Crippen molar-refractivity contribution in [1.29, 1.82) is 0 Å². The summed E-state index contributed by atoms with van der Waals surface area (Å²) in [7, 11) is 0. The van der Waals surface area contributed by atoms with Crippen LogP contribution in [0.15, 0.2) is 18.2 Å². The lowest BCUT2D eigenvalue weighted by Crippen LogP contribution is -2.53. The van der Waals surface area contributed by atoms with Gasteiger partial charge >= 0.3 is 12.1 Å². The summed E-state index contributed by atoms with van der Waals surface area (Å²) in [5, 5.41) is 15.5. The monoisotopic (exact) mass is 553 g/mol. The molecule has 0 spiro atoms. The second-order valence-electron chi connectivity index (χ2n) is 9.81. The fourth-order valence-corrected chi connectivity index (χ4v) is 4.16. The highest BCUT2D eigenvalue weighted by Crippen LogP contribution is 2.27. The number of thioether (sulfide) groups is 1.